The van der Waals surface area contributed by atoms with E-state index in [1.54, 1.807) is 12.4 Å². The molecule has 1 N–H and O–H groups in total. The minimum Gasteiger partial charge on any atom is -0.313 e. The fraction of sp³-hybridized carbons (Fsp3) is 0.286. The molecule has 2 aromatic rings. The molecule has 1 heterocycles. The Morgan fingerprint density at radius 1 is 1.26 bits per heavy atom. The van der Waals surface area contributed by atoms with Crippen molar-refractivity contribution in [1.29, 1.82) is 0 Å². The van der Waals surface area contributed by atoms with Gasteiger partial charge in [-0.1, -0.05) is 17.7 Å². The first-order valence-corrected chi connectivity index (χ1v) is 7.23. The van der Waals surface area contributed by atoms with Crippen molar-refractivity contribution in [3.63, 3.8) is 0 Å². The summed E-state index contributed by atoms with van der Waals surface area (Å²) in [6, 6.07) is 6.36. The normalized spacial score (nSPS) is 12.4. The Bertz CT molecular complexity index is 557. The van der Waals surface area contributed by atoms with Crippen LogP contribution in [0.4, 0.5) is 0 Å². The van der Waals surface area contributed by atoms with E-state index in [1.165, 1.54) is 17.3 Å². The monoisotopic (exact) mass is 293 g/mol. The highest BCUT2D eigenvalue weighted by atomic mass is 35.5. The maximum absolute atomic E-state index is 6.31. The van der Waals surface area contributed by atoms with E-state index in [9.17, 15) is 0 Å². The topological polar surface area (TPSA) is 37.8 Å². The van der Waals surface area contributed by atoms with Gasteiger partial charge in [-0.25, -0.2) is 9.97 Å². The second-order valence-electron chi connectivity index (χ2n) is 4.35. The summed E-state index contributed by atoms with van der Waals surface area (Å²) >= 11 is 7.78. The highest BCUT2D eigenvalue weighted by Gasteiger charge is 2.08. The zero-order valence-electron chi connectivity index (χ0n) is 11.1. The fourth-order valence-corrected chi connectivity index (χ4v) is 2.57. The second kappa shape index (κ2) is 6.37. The quantitative estimate of drug-likeness (QED) is 0.869. The number of rotatable bonds is 4. The summed E-state index contributed by atoms with van der Waals surface area (Å²) in [5.74, 6) is 0. The first-order valence-electron chi connectivity index (χ1n) is 6.03. The molecule has 0 radical (unpaired) electrons. The highest BCUT2D eigenvalue weighted by Crippen LogP contribution is 2.32. The summed E-state index contributed by atoms with van der Waals surface area (Å²) in [6.45, 7) is 4.07. The van der Waals surface area contributed by atoms with Gasteiger partial charge in [0.15, 0.2) is 5.16 Å². The van der Waals surface area contributed by atoms with Crippen molar-refractivity contribution in [3.05, 3.63) is 46.7 Å². The van der Waals surface area contributed by atoms with Crippen molar-refractivity contribution in [2.45, 2.75) is 29.9 Å². The Morgan fingerprint density at radius 3 is 2.53 bits per heavy atom. The second-order valence-corrected chi connectivity index (χ2v) is 5.76. The SMILES string of the molecule is CNC(C)c1ccc(Sc2ncc(C)cn2)c(Cl)c1. The van der Waals surface area contributed by atoms with E-state index in [0.29, 0.717) is 5.16 Å². The lowest BCUT2D eigenvalue weighted by Gasteiger charge is -2.12. The number of aryl methyl sites for hydroxylation is 1. The zero-order valence-corrected chi connectivity index (χ0v) is 12.7. The standard InChI is InChI=1S/C14H16ClN3S/c1-9-7-17-14(18-8-9)19-13-5-4-11(6-12(13)15)10(2)16-3/h4-8,10,16H,1-3H3. The van der Waals surface area contributed by atoms with Crippen molar-refractivity contribution >= 4 is 23.4 Å². The largest absolute Gasteiger partial charge is 0.313 e. The van der Waals surface area contributed by atoms with Crippen LogP contribution in [0.5, 0.6) is 0 Å². The molecule has 1 atom stereocenters. The van der Waals surface area contributed by atoms with E-state index >= 15 is 0 Å². The molecule has 0 aliphatic rings. The van der Waals surface area contributed by atoms with Crippen LogP contribution in [0.3, 0.4) is 0 Å². The first-order chi connectivity index (χ1) is 9.10. The molecule has 2 rings (SSSR count). The third kappa shape index (κ3) is 3.69. The summed E-state index contributed by atoms with van der Waals surface area (Å²) < 4.78 is 0. The van der Waals surface area contributed by atoms with Gasteiger partial charge in [-0.3, -0.25) is 0 Å². The first kappa shape index (κ1) is 14.3. The molecule has 0 saturated heterocycles. The maximum Gasteiger partial charge on any atom is 0.192 e. The van der Waals surface area contributed by atoms with Gasteiger partial charge in [0.2, 0.25) is 0 Å². The van der Waals surface area contributed by atoms with E-state index in [2.05, 4.69) is 28.3 Å². The summed E-state index contributed by atoms with van der Waals surface area (Å²) in [6.07, 6.45) is 3.61. The number of nitrogens with zero attached hydrogens (tertiary/aromatic N) is 2. The van der Waals surface area contributed by atoms with Crippen molar-refractivity contribution in [3.8, 4) is 0 Å². The average molecular weight is 294 g/mol. The molecule has 19 heavy (non-hydrogen) atoms. The Labute approximate surface area is 122 Å². The van der Waals surface area contributed by atoms with Crippen LogP contribution in [0.1, 0.15) is 24.1 Å². The molecule has 0 fully saturated rings. The van der Waals surface area contributed by atoms with Gasteiger partial charge in [0.05, 0.1) is 5.02 Å². The molecular weight excluding hydrogens is 278 g/mol. The van der Waals surface area contributed by atoms with Crippen LogP contribution in [-0.4, -0.2) is 17.0 Å². The van der Waals surface area contributed by atoms with Gasteiger partial charge in [0, 0.05) is 23.3 Å². The molecular formula is C14H16ClN3S. The molecule has 100 valence electrons. The Kier molecular flexibility index (Phi) is 4.80. The predicted octanol–water partition coefficient (Wildman–Crippen LogP) is 3.87. The third-order valence-electron chi connectivity index (χ3n) is 2.85. The van der Waals surface area contributed by atoms with Crippen molar-refractivity contribution in [1.82, 2.24) is 15.3 Å². The lowest BCUT2D eigenvalue weighted by molar-refractivity contribution is 0.652. The molecule has 3 nitrogen and oxygen atoms in total. The van der Waals surface area contributed by atoms with Gasteiger partial charge in [-0.15, -0.1) is 0 Å². The summed E-state index contributed by atoms with van der Waals surface area (Å²) in [5, 5.41) is 4.63. The van der Waals surface area contributed by atoms with Gasteiger partial charge in [0.25, 0.3) is 0 Å². The van der Waals surface area contributed by atoms with Crippen molar-refractivity contribution in [2.75, 3.05) is 7.05 Å². The average Bonchev–Trinajstić information content (AvgIpc) is 2.42. The molecule has 0 bridgehead atoms. The van der Waals surface area contributed by atoms with Gasteiger partial charge in [-0.2, -0.15) is 0 Å². The summed E-state index contributed by atoms with van der Waals surface area (Å²) in [5.41, 5.74) is 2.22. The Balaban J connectivity index is 2.19. The molecule has 0 spiro atoms. The number of aromatic nitrogens is 2. The number of halogens is 1. The maximum atomic E-state index is 6.31. The van der Waals surface area contributed by atoms with Crippen LogP contribution in [0.25, 0.3) is 0 Å². The van der Waals surface area contributed by atoms with E-state index in [0.717, 1.165) is 15.5 Å². The number of hydrogen-bond acceptors (Lipinski definition) is 4. The molecule has 0 amide bonds. The lowest BCUT2D eigenvalue weighted by Crippen LogP contribution is -2.12. The molecule has 0 saturated carbocycles. The smallest absolute Gasteiger partial charge is 0.192 e. The van der Waals surface area contributed by atoms with Gasteiger partial charge in [-0.05, 0) is 55.9 Å². The predicted molar refractivity (Wildman–Crippen MR) is 79.8 cm³/mol. The van der Waals surface area contributed by atoms with Crippen LogP contribution in [0, 0.1) is 6.92 Å². The molecule has 1 aromatic carbocycles. The van der Waals surface area contributed by atoms with Gasteiger partial charge >= 0.3 is 0 Å². The molecule has 1 aromatic heterocycles. The zero-order chi connectivity index (χ0) is 13.8. The van der Waals surface area contributed by atoms with Crippen LogP contribution in [-0.2, 0) is 0 Å². The molecule has 5 heteroatoms. The summed E-state index contributed by atoms with van der Waals surface area (Å²) in [7, 11) is 1.93. The lowest BCUT2D eigenvalue weighted by atomic mass is 10.1. The molecule has 0 aliphatic carbocycles. The number of hydrogen-bond donors (Lipinski definition) is 1. The minimum atomic E-state index is 0.284. The third-order valence-corrected chi connectivity index (χ3v) is 4.24. The Hall–Kier alpha value is -1.10. The van der Waals surface area contributed by atoms with Crippen LogP contribution < -0.4 is 5.32 Å². The fourth-order valence-electron chi connectivity index (χ4n) is 1.57. The van der Waals surface area contributed by atoms with E-state index in [1.807, 2.05) is 26.1 Å². The van der Waals surface area contributed by atoms with Crippen LogP contribution >= 0.6 is 23.4 Å². The molecule has 1 unspecified atom stereocenters. The van der Waals surface area contributed by atoms with Gasteiger partial charge < -0.3 is 5.32 Å². The highest BCUT2D eigenvalue weighted by molar-refractivity contribution is 7.99. The van der Waals surface area contributed by atoms with Crippen LogP contribution in [0.2, 0.25) is 5.02 Å². The Morgan fingerprint density at radius 2 is 1.95 bits per heavy atom. The molecule has 0 aliphatic heterocycles. The van der Waals surface area contributed by atoms with E-state index in [-0.39, 0.29) is 6.04 Å². The van der Waals surface area contributed by atoms with E-state index < -0.39 is 0 Å². The van der Waals surface area contributed by atoms with Crippen LogP contribution in [0.15, 0.2) is 40.6 Å². The van der Waals surface area contributed by atoms with Gasteiger partial charge in [0.1, 0.15) is 0 Å². The van der Waals surface area contributed by atoms with E-state index in [4.69, 9.17) is 11.6 Å². The minimum absolute atomic E-state index is 0.284. The number of benzene rings is 1. The van der Waals surface area contributed by atoms with Crippen molar-refractivity contribution in [2.24, 2.45) is 0 Å². The summed E-state index contributed by atoms with van der Waals surface area (Å²) in [4.78, 5) is 9.51. The number of nitrogens with one attached hydrogen (secondary N) is 1. The van der Waals surface area contributed by atoms with Crippen molar-refractivity contribution < 1.29 is 0 Å².